The van der Waals surface area contributed by atoms with Crippen molar-refractivity contribution in [2.45, 2.75) is 32.7 Å². The second-order valence-electron chi connectivity index (χ2n) is 6.13. The molecular weight excluding hydrogens is 316 g/mol. The van der Waals surface area contributed by atoms with Gasteiger partial charge in [-0.25, -0.2) is 4.90 Å². The Balaban J connectivity index is 1.74. The molecule has 2 aromatic rings. The van der Waals surface area contributed by atoms with Gasteiger partial charge >= 0.3 is 0 Å². The van der Waals surface area contributed by atoms with Crippen molar-refractivity contribution in [2.24, 2.45) is 0 Å². The lowest BCUT2D eigenvalue weighted by Gasteiger charge is -2.17. The van der Waals surface area contributed by atoms with E-state index in [0.29, 0.717) is 12.3 Å². The topological polar surface area (TPSA) is 58.6 Å². The average molecular weight is 338 g/mol. The highest BCUT2D eigenvalue weighted by molar-refractivity contribution is 6.23. The molecule has 0 unspecified atom stereocenters. The Morgan fingerprint density at radius 1 is 1.12 bits per heavy atom. The number of para-hydroxylation sites is 1. The van der Waals surface area contributed by atoms with Gasteiger partial charge in [0.1, 0.15) is 11.8 Å². The number of nitrogens with zero attached hydrogens (tertiary/aromatic N) is 1. The minimum Gasteiger partial charge on any atom is -0.494 e. The van der Waals surface area contributed by atoms with E-state index in [9.17, 15) is 9.59 Å². The lowest BCUT2D eigenvalue weighted by molar-refractivity contribution is -0.121. The fraction of sp³-hybridized carbons (Fsp3) is 0.300. The Hall–Kier alpha value is -2.82. The molecule has 1 aliphatic heterocycles. The molecule has 1 saturated heterocycles. The summed E-state index contributed by atoms with van der Waals surface area (Å²) in [6.45, 7) is 4.65. The molecule has 2 amide bonds. The summed E-state index contributed by atoms with van der Waals surface area (Å²) in [5.74, 6) is 0.313. The molecule has 0 aliphatic carbocycles. The minimum atomic E-state index is -0.537. The van der Waals surface area contributed by atoms with Crippen molar-refractivity contribution in [1.82, 2.24) is 0 Å². The third-order valence-corrected chi connectivity index (χ3v) is 4.19. The molecule has 1 heterocycles. The van der Waals surface area contributed by atoms with E-state index < -0.39 is 6.04 Å². The van der Waals surface area contributed by atoms with E-state index in [4.69, 9.17) is 4.74 Å². The smallest absolute Gasteiger partial charge is 0.256 e. The van der Waals surface area contributed by atoms with Crippen molar-refractivity contribution in [2.75, 3.05) is 16.8 Å². The number of hydrogen-bond donors (Lipinski definition) is 1. The number of aryl methyl sites for hydroxylation is 1. The predicted octanol–water partition coefficient (Wildman–Crippen LogP) is 3.53. The van der Waals surface area contributed by atoms with Gasteiger partial charge in [0.15, 0.2) is 0 Å². The molecular formula is C20H22N2O3. The third kappa shape index (κ3) is 3.65. The molecule has 1 aliphatic rings. The molecule has 0 spiro atoms. The lowest BCUT2D eigenvalue weighted by atomic mass is 10.1. The van der Waals surface area contributed by atoms with Gasteiger partial charge in [0, 0.05) is 5.69 Å². The van der Waals surface area contributed by atoms with Gasteiger partial charge in [-0.15, -0.1) is 0 Å². The Morgan fingerprint density at radius 2 is 1.84 bits per heavy atom. The molecule has 1 atom stereocenters. The fourth-order valence-corrected chi connectivity index (χ4v) is 2.85. The van der Waals surface area contributed by atoms with Gasteiger partial charge in [-0.1, -0.05) is 25.1 Å². The molecule has 5 nitrogen and oxygen atoms in total. The average Bonchev–Trinajstić information content (AvgIpc) is 2.89. The normalized spacial score (nSPS) is 17.0. The first-order chi connectivity index (χ1) is 12.1. The monoisotopic (exact) mass is 338 g/mol. The Bertz CT molecular complexity index is 771. The molecule has 0 aromatic heterocycles. The van der Waals surface area contributed by atoms with Crippen molar-refractivity contribution in [3.63, 3.8) is 0 Å². The van der Waals surface area contributed by atoms with Crippen molar-refractivity contribution in [1.29, 1.82) is 0 Å². The first-order valence-corrected chi connectivity index (χ1v) is 8.52. The van der Waals surface area contributed by atoms with Crippen LogP contribution in [0, 0.1) is 6.92 Å². The SMILES string of the molecule is CCCOc1ccc(N2C(=O)C[C@@H](Nc3ccccc3C)C2=O)cc1. The number of imide groups is 1. The number of ether oxygens (including phenoxy) is 1. The Kier molecular flexibility index (Phi) is 5.03. The Morgan fingerprint density at radius 3 is 2.52 bits per heavy atom. The zero-order valence-electron chi connectivity index (χ0n) is 14.5. The second-order valence-corrected chi connectivity index (χ2v) is 6.13. The van der Waals surface area contributed by atoms with Crippen LogP contribution in [0.15, 0.2) is 48.5 Å². The molecule has 0 bridgehead atoms. The molecule has 0 saturated carbocycles. The van der Waals surface area contributed by atoms with Crippen LogP contribution in [0.25, 0.3) is 0 Å². The first kappa shape index (κ1) is 17.0. The quantitative estimate of drug-likeness (QED) is 0.819. The predicted molar refractivity (Wildman–Crippen MR) is 97.9 cm³/mol. The van der Waals surface area contributed by atoms with Crippen molar-refractivity contribution in [3.05, 3.63) is 54.1 Å². The van der Waals surface area contributed by atoms with Crippen LogP contribution in [0.4, 0.5) is 11.4 Å². The highest BCUT2D eigenvalue weighted by Crippen LogP contribution is 2.27. The van der Waals surface area contributed by atoms with Crippen LogP contribution in [0.3, 0.4) is 0 Å². The zero-order chi connectivity index (χ0) is 17.8. The molecule has 5 heteroatoms. The van der Waals surface area contributed by atoms with Crippen LogP contribution < -0.4 is 15.0 Å². The molecule has 2 aromatic carbocycles. The lowest BCUT2D eigenvalue weighted by Crippen LogP contribution is -2.34. The number of rotatable bonds is 6. The van der Waals surface area contributed by atoms with E-state index in [1.165, 1.54) is 4.90 Å². The maximum atomic E-state index is 12.7. The summed E-state index contributed by atoms with van der Waals surface area (Å²) in [7, 11) is 0. The zero-order valence-corrected chi connectivity index (χ0v) is 14.5. The van der Waals surface area contributed by atoms with Crippen LogP contribution in [0.2, 0.25) is 0 Å². The maximum Gasteiger partial charge on any atom is 0.256 e. The van der Waals surface area contributed by atoms with Gasteiger partial charge in [-0.05, 0) is 49.2 Å². The maximum absolute atomic E-state index is 12.7. The highest BCUT2D eigenvalue weighted by atomic mass is 16.5. The number of amides is 2. The molecule has 1 N–H and O–H groups in total. The van der Waals surface area contributed by atoms with Crippen molar-refractivity contribution in [3.8, 4) is 5.75 Å². The summed E-state index contributed by atoms with van der Waals surface area (Å²) < 4.78 is 5.54. The Labute approximate surface area is 147 Å². The van der Waals surface area contributed by atoms with Gasteiger partial charge in [0.25, 0.3) is 5.91 Å². The summed E-state index contributed by atoms with van der Waals surface area (Å²) in [6, 6.07) is 14.3. The van der Waals surface area contributed by atoms with Gasteiger partial charge < -0.3 is 10.1 Å². The van der Waals surface area contributed by atoms with Crippen LogP contribution in [-0.4, -0.2) is 24.5 Å². The summed E-state index contributed by atoms with van der Waals surface area (Å²) in [4.78, 5) is 26.3. The summed E-state index contributed by atoms with van der Waals surface area (Å²) in [5, 5.41) is 3.19. The highest BCUT2D eigenvalue weighted by Gasteiger charge is 2.39. The number of hydrogen-bond acceptors (Lipinski definition) is 4. The number of benzene rings is 2. The van der Waals surface area contributed by atoms with Gasteiger partial charge in [0.05, 0.1) is 18.7 Å². The summed E-state index contributed by atoms with van der Waals surface area (Å²) in [6.07, 6.45) is 1.08. The fourth-order valence-electron chi connectivity index (χ4n) is 2.85. The van der Waals surface area contributed by atoms with E-state index >= 15 is 0 Å². The summed E-state index contributed by atoms with van der Waals surface area (Å²) >= 11 is 0. The number of carbonyl (C=O) groups is 2. The van der Waals surface area contributed by atoms with Gasteiger partial charge in [0.2, 0.25) is 5.91 Å². The largest absolute Gasteiger partial charge is 0.494 e. The van der Waals surface area contributed by atoms with Crippen LogP contribution in [0.1, 0.15) is 25.3 Å². The van der Waals surface area contributed by atoms with E-state index in [1.807, 2.05) is 38.1 Å². The van der Waals surface area contributed by atoms with Crippen LogP contribution in [0.5, 0.6) is 5.75 Å². The van der Waals surface area contributed by atoms with Crippen LogP contribution in [-0.2, 0) is 9.59 Å². The standard InChI is InChI=1S/C20H22N2O3/c1-3-12-25-16-10-8-15(9-11-16)22-19(23)13-18(20(22)24)21-17-7-5-4-6-14(17)2/h4-11,18,21H,3,12-13H2,1-2H3/t18-/m1/s1. The van der Waals surface area contributed by atoms with E-state index in [2.05, 4.69) is 5.32 Å². The summed E-state index contributed by atoms with van der Waals surface area (Å²) in [5.41, 5.74) is 2.49. The van der Waals surface area contributed by atoms with Crippen molar-refractivity contribution < 1.29 is 14.3 Å². The second kappa shape index (κ2) is 7.38. The molecule has 3 rings (SSSR count). The molecule has 25 heavy (non-hydrogen) atoms. The minimum absolute atomic E-state index is 0.154. The van der Waals surface area contributed by atoms with Crippen molar-refractivity contribution >= 4 is 23.2 Å². The van der Waals surface area contributed by atoms with Gasteiger partial charge in [-0.2, -0.15) is 0 Å². The number of nitrogens with one attached hydrogen (secondary N) is 1. The number of anilines is 2. The van der Waals surface area contributed by atoms with E-state index in [1.54, 1.807) is 24.3 Å². The van der Waals surface area contributed by atoms with Gasteiger partial charge in [-0.3, -0.25) is 9.59 Å². The van der Waals surface area contributed by atoms with Crippen LogP contribution >= 0.6 is 0 Å². The molecule has 1 fully saturated rings. The molecule has 0 radical (unpaired) electrons. The molecule has 130 valence electrons. The van der Waals surface area contributed by atoms with E-state index in [-0.39, 0.29) is 18.2 Å². The number of carbonyl (C=O) groups excluding carboxylic acids is 2. The van der Waals surface area contributed by atoms with E-state index in [0.717, 1.165) is 23.4 Å². The first-order valence-electron chi connectivity index (χ1n) is 8.52. The third-order valence-electron chi connectivity index (χ3n) is 4.19.